The number of pyridine rings is 1. The topological polar surface area (TPSA) is 76.2 Å². The molecule has 2 aromatic heterocycles. The van der Waals surface area contributed by atoms with E-state index in [-0.39, 0.29) is 11.4 Å². The summed E-state index contributed by atoms with van der Waals surface area (Å²) >= 11 is 1.45. The van der Waals surface area contributed by atoms with Crippen LogP contribution in [0.1, 0.15) is 10.4 Å². The van der Waals surface area contributed by atoms with Gasteiger partial charge in [-0.05, 0) is 17.5 Å². The number of hydrogen-bond acceptors (Lipinski definition) is 4. The van der Waals surface area contributed by atoms with Crippen molar-refractivity contribution in [1.82, 2.24) is 4.98 Å². The Kier molecular flexibility index (Phi) is 1.66. The summed E-state index contributed by atoms with van der Waals surface area (Å²) in [6.07, 6.45) is 0. The second-order valence-corrected chi connectivity index (χ2v) is 3.48. The molecule has 0 aliphatic heterocycles. The van der Waals surface area contributed by atoms with E-state index in [0.717, 1.165) is 10.2 Å². The SMILES string of the molecule is Nc1nc2ccsc2cc1C(=O)O. The molecule has 0 radical (unpaired) electrons. The van der Waals surface area contributed by atoms with Crippen LogP contribution in [0, 0.1) is 0 Å². The highest BCUT2D eigenvalue weighted by molar-refractivity contribution is 7.17. The van der Waals surface area contributed by atoms with Crippen LogP contribution >= 0.6 is 11.3 Å². The smallest absolute Gasteiger partial charge is 0.339 e. The third kappa shape index (κ3) is 1.23. The predicted octanol–water partition coefficient (Wildman–Crippen LogP) is 1.58. The molecule has 0 amide bonds. The molecule has 0 spiro atoms. The quantitative estimate of drug-likeness (QED) is 0.722. The standard InChI is InChI=1S/C8H6N2O2S/c9-7-4(8(11)12)3-6-5(10-7)1-2-13-6/h1-3H,(H2,9,10)(H,11,12). The lowest BCUT2D eigenvalue weighted by atomic mass is 10.2. The first-order chi connectivity index (χ1) is 6.18. The number of anilines is 1. The number of carboxylic acid groups (broad SMARTS) is 1. The molecule has 0 unspecified atom stereocenters. The number of aromatic nitrogens is 1. The summed E-state index contributed by atoms with van der Waals surface area (Å²) < 4.78 is 0.839. The van der Waals surface area contributed by atoms with Gasteiger partial charge in [0.15, 0.2) is 0 Å². The minimum atomic E-state index is -1.04. The van der Waals surface area contributed by atoms with Gasteiger partial charge in [-0.3, -0.25) is 0 Å². The van der Waals surface area contributed by atoms with Gasteiger partial charge < -0.3 is 10.8 Å². The Balaban J connectivity index is 2.76. The van der Waals surface area contributed by atoms with Crippen LogP contribution in [0.25, 0.3) is 10.2 Å². The Bertz CT molecular complexity index is 478. The van der Waals surface area contributed by atoms with Gasteiger partial charge in [-0.25, -0.2) is 9.78 Å². The van der Waals surface area contributed by atoms with E-state index >= 15 is 0 Å². The van der Waals surface area contributed by atoms with Crippen molar-refractivity contribution < 1.29 is 9.90 Å². The number of carboxylic acids is 1. The molecule has 5 heteroatoms. The molecule has 13 heavy (non-hydrogen) atoms. The molecule has 0 bridgehead atoms. The first kappa shape index (κ1) is 8.00. The average Bonchev–Trinajstić information content (AvgIpc) is 2.48. The maximum absolute atomic E-state index is 10.7. The summed E-state index contributed by atoms with van der Waals surface area (Å²) in [5, 5.41) is 10.6. The fraction of sp³-hybridized carbons (Fsp3) is 0. The van der Waals surface area contributed by atoms with Crippen molar-refractivity contribution >= 4 is 33.3 Å². The first-order valence-electron chi connectivity index (χ1n) is 3.55. The first-order valence-corrected chi connectivity index (χ1v) is 4.43. The number of thiophene rings is 1. The highest BCUT2D eigenvalue weighted by Crippen LogP contribution is 2.22. The molecule has 3 N–H and O–H groups in total. The number of nitrogens with zero attached hydrogens (tertiary/aromatic N) is 1. The van der Waals surface area contributed by atoms with Gasteiger partial charge in [-0.15, -0.1) is 11.3 Å². The summed E-state index contributed by atoms with van der Waals surface area (Å²) in [4.78, 5) is 14.6. The van der Waals surface area contributed by atoms with E-state index in [0.29, 0.717) is 0 Å². The van der Waals surface area contributed by atoms with Crippen molar-refractivity contribution in [3.8, 4) is 0 Å². The van der Waals surface area contributed by atoms with Gasteiger partial charge in [0.05, 0.1) is 10.2 Å². The number of nitrogens with two attached hydrogens (primary N) is 1. The van der Waals surface area contributed by atoms with E-state index in [2.05, 4.69) is 4.98 Å². The van der Waals surface area contributed by atoms with Crippen LogP contribution in [0.5, 0.6) is 0 Å². The van der Waals surface area contributed by atoms with Crippen LogP contribution in [0.15, 0.2) is 17.5 Å². The zero-order valence-electron chi connectivity index (χ0n) is 6.52. The van der Waals surface area contributed by atoms with Gasteiger partial charge in [0.25, 0.3) is 0 Å². The Labute approximate surface area is 77.6 Å². The molecular weight excluding hydrogens is 188 g/mol. The van der Waals surface area contributed by atoms with E-state index in [1.165, 1.54) is 11.3 Å². The zero-order chi connectivity index (χ0) is 9.42. The van der Waals surface area contributed by atoms with Gasteiger partial charge in [-0.2, -0.15) is 0 Å². The largest absolute Gasteiger partial charge is 0.478 e. The molecule has 2 aromatic rings. The van der Waals surface area contributed by atoms with Crippen LogP contribution in [0.3, 0.4) is 0 Å². The average molecular weight is 194 g/mol. The highest BCUT2D eigenvalue weighted by Gasteiger charge is 2.10. The normalized spacial score (nSPS) is 10.5. The number of nitrogen functional groups attached to an aromatic ring is 1. The van der Waals surface area contributed by atoms with Crippen LogP contribution in [-0.4, -0.2) is 16.1 Å². The molecule has 2 heterocycles. The fourth-order valence-electron chi connectivity index (χ4n) is 1.08. The number of fused-ring (bicyclic) bond motifs is 1. The van der Waals surface area contributed by atoms with Crippen molar-refractivity contribution in [2.75, 3.05) is 5.73 Å². The van der Waals surface area contributed by atoms with Gasteiger partial charge in [0.1, 0.15) is 11.4 Å². The molecule has 0 saturated carbocycles. The van der Waals surface area contributed by atoms with Crippen molar-refractivity contribution in [1.29, 1.82) is 0 Å². The number of aromatic carboxylic acids is 1. The van der Waals surface area contributed by atoms with Crippen molar-refractivity contribution in [2.24, 2.45) is 0 Å². The minimum absolute atomic E-state index is 0.0648. The second kappa shape index (κ2) is 2.70. The van der Waals surface area contributed by atoms with E-state index in [1.54, 1.807) is 6.07 Å². The molecule has 2 rings (SSSR count). The third-order valence-electron chi connectivity index (χ3n) is 1.70. The third-order valence-corrected chi connectivity index (χ3v) is 2.55. The van der Waals surface area contributed by atoms with Gasteiger partial charge >= 0.3 is 5.97 Å². The van der Waals surface area contributed by atoms with Gasteiger partial charge in [0, 0.05) is 0 Å². The second-order valence-electron chi connectivity index (χ2n) is 2.53. The summed E-state index contributed by atoms with van der Waals surface area (Å²) in [5.41, 5.74) is 6.27. The van der Waals surface area contributed by atoms with E-state index in [4.69, 9.17) is 10.8 Å². The van der Waals surface area contributed by atoms with Crippen LogP contribution in [-0.2, 0) is 0 Å². The van der Waals surface area contributed by atoms with E-state index in [1.807, 2.05) is 11.4 Å². The van der Waals surface area contributed by atoms with Crippen LogP contribution in [0.4, 0.5) is 5.82 Å². The minimum Gasteiger partial charge on any atom is -0.478 e. The van der Waals surface area contributed by atoms with Crippen LogP contribution < -0.4 is 5.73 Å². The summed E-state index contributed by atoms with van der Waals surface area (Å²) in [6.45, 7) is 0. The Morgan fingerprint density at radius 2 is 2.38 bits per heavy atom. The number of carbonyl (C=O) groups is 1. The van der Waals surface area contributed by atoms with Crippen molar-refractivity contribution in [3.63, 3.8) is 0 Å². The van der Waals surface area contributed by atoms with Gasteiger partial charge in [0.2, 0.25) is 0 Å². The van der Waals surface area contributed by atoms with Crippen molar-refractivity contribution in [3.05, 3.63) is 23.1 Å². The van der Waals surface area contributed by atoms with Gasteiger partial charge in [-0.1, -0.05) is 0 Å². The Morgan fingerprint density at radius 1 is 1.62 bits per heavy atom. The Hall–Kier alpha value is -1.62. The molecule has 0 atom stereocenters. The molecule has 4 nitrogen and oxygen atoms in total. The summed E-state index contributed by atoms with van der Waals surface area (Å²) in [6, 6.07) is 3.35. The molecule has 0 fully saturated rings. The number of hydrogen-bond donors (Lipinski definition) is 2. The lowest BCUT2D eigenvalue weighted by Crippen LogP contribution is -2.03. The van der Waals surface area contributed by atoms with Crippen molar-refractivity contribution in [2.45, 2.75) is 0 Å². The zero-order valence-corrected chi connectivity index (χ0v) is 7.34. The maximum Gasteiger partial charge on any atom is 0.339 e. The fourth-order valence-corrected chi connectivity index (χ4v) is 1.84. The number of rotatable bonds is 1. The van der Waals surface area contributed by atoms with E-state index in [9.17, 15) is 4.79 Å². The predicted molar refractivity (Wildman–Crippen MR) is 51.0 cm³/mol. The lowest BCUT2D eigenvalue weighted by molar-refractivity contribution is 0.0698. The van der Waals surface area contributed by atoms with E-state index < -0.39 is 5.97 Å². The molecular formula is C8H6N2O2S. The highest BCUT2D eigenvalue weighted by atomic mass is 32.1. The maximum atomic E-state index is 10.7. The Morgan fingerprint density at radius 3 is 3.08 bits per heavy atom. The molecule has 0 aliphatic carbocycles. The van der Waals surface area contributed by atoms with Crippen LogP contribution in [0.2, 0.25) is 0 Å². The summed E-state index contributed by atoms with van der Waals surface area (Å²) in [7, 11) is 0. The molecule has 66 valence electrons. The summed E-state index contributed by atoms with van der Waals surface area (Å²) in [5.74, 6) is -0.973. The molecule has 0 saturated heterocycles. The lowest BCUT2D eigenvalue weighted by Gasteiger charge is -1.98. The molecule has 0 aliphatic rings. The molecule has 0 aromatic carbocycles. The monoisotopic (exact) mass is 194 g/mol.